The van der Waals surface area contributed by atoms with Gasteiger partial charge in [0.25, 0.3) is 0 Å². The lowest BCUT2D eigenvalue weighted by Gasteiger charge is -2.12. The van der Waals surface area contributed by atoms with Gasteiger partial charge in [0.2, 0.25) is 0 Å². The van der Waals surface area contributed by atoms with Gasteiger partial charge in [-0.2, -0.15) is 0 Å². The molecule has 1 N–H and O–H groups in total. The highest BCUT2D eigenvalue weighted by Crippen LogP contribution is 1.98. The molecule has 0 aliphatic carbocycles. The second-order valence-corrected chi connectivity index (χ2v) is 4.18. The SMILES string of the molecule is COCCC(C)NCCCCCBr. The van der Waals surface area contributed by atoms with Crippen molar-refractivity contribution in [1.29, 1.82) is 0 Å². The van der Waals surface area contributed by atoms with Gasteiger partial charge in [0.1, 0.15) is 0 Å². The number of ether oxygens (including phenoxy) is 1. The van der Waals surface area contributed by atoms with Crippen molar-refractivity contribution in [3.05, 3.63) is 0 Å². The van der Waals surface area contributed by atoms with Gasteiger partial charge in [0, 0.05) is 25.1 Å². The van der Waals surface area contributed by atoms with Crippen LogP contribution in [0.4, 0.5) is 0 Å². The van der Waals surface area contributed by atoms with E-state index in [0.29, 0.717) is 6.04 Å². The monoisotopic (exact) mass is 251 g/mol. The Hall–Kier alpha value is 0.400. The fraction of sp³-hybridized carbons (Fsp3) is 1.00. The molecule has 0 amide bonds. The van der Waals surface area contributed by atoms with Gasteiger partial charge in [-0.25, -0.2) is 0 Å². The van der Waals surface area contributed by atoms with Crippen molar-refractivity contribution in [2.24, 2.45) is 0 Å². The van der Waals surface area contributed by atoms with E-state index < -0.39 is 0 Å². The van der Waals surface area contributed by atoms with E-state index in [0.717, 1.165) is 24.9 Å². The van der Waals surface area contributed by atoms with Crippen molar-refractivity contribution in [2.75, 3.05) is 25.6 Å². The van der Waals surface area contributed by atoms with Crippen molar-refractivity contribution in [1.82, 2.24) is 5.32 Å². The van der Waals surface area contributed by atoms with Crippen LogP contribution in [0.1, 0.15) is 32.6 Å². The van der Waals surface area contributed by atoms with E-state index in [1.165, 1.54) is 19.3 Å². The molecule has 3 heteroatoms. The molecule has 0 heterocycles. The first kappa shape index (κ1) is 13.4. The lowest BCUT2D eigenvalue weighted by molar-refractivity contribution is 0.185. The summed E-state index contributed by atoms with van der Waals surface area (Å²) in [5.41, 5.74) is 0. The number of alkyl halides is 1. The van der Waals surface area contributed by atoms with E-state index in [1.54, 1.807) is 7.11 Å². The number of nitrogens with one attached hydrogen (secondary N) is 1. The van der Waals surface area contributed by atoms with Crippen molar-refractivity contribution in [3.8, 4) is 0 Å². The topological polar surface area (TPSA) is 21.3 Å². The molecule has 0 radical (unpaired) electrons. The molecule has 13 heavy (non-hydrogen) atoms. The van der Waals surface area contributed by atoms with Crippen molar-refractivity contribution >= 4 is 15.9 Å². The standard InChI is InChI=1S/C10H22BrNO/c1-10(6-9-13-2)12-8-5-3-4-7-11/h10,12H,3-9H2,1-2H3. The molecule has 0 saturated carbocycles. The molecule has 0 bridgehead atoms. The van der Waals surface area contributed by atoms with Crippen molar-refractivity contribution in [2.45, 2.75) is 38.6 Å². The van der Waals surface area contributed by atoms with Gasteiger partial charge < -0.3 is 10.1 Å². The summed E-state index contributed by atoms with van der Waals surface area (Å²) in [4.78, 5) is 0. The molecular weight excluding hydrogens is 230 g/mol. The van der Waals surface area contributed by atoms with E-state index in [2.05, 4.69) is 28.2 Å². The minimum absolute atomic E-state index is 0.587. The minimum atomic E-state index is 0.587. The van der Waals surface area contributed by atoms with Crippen LogP contribution in [0.25, 0.3) is 0 Å². The van der Waals surface area contributed by atoms with Gasteiger partial charge in [0.05, 0.1) is 0 Å². The van der Waals surface area contributed by atoms with Crippen molar-refractivity contribution in [3.63, 3.8) is 0 Å². The summed E-state index contributed by atoms with van der Waals surface area (Å²) >= 11 is 3.43. The van der Waals surface area contributed by atoms with Crippen LogP contribution in [0.3, 0.4) is 0 Å². The minimum Gasteiger partial charge on any atom is -0.385 e. The summed E-state index contributed by atoms with van der Waals surface area (Å²) in [6, 6.07) is 0.587. The molecule has 0 rings (SSSR count). The summed E-state index contributed by atoms with van der Waals surface area (Å²) in [7, 11) is 1.75. The van der Waals surface area contributed by atoms with Crippen molar-refractivity contribution < 1.29 is 4.74 Å². The molecule has 0 aromatic rings. The second kappa shape index (κ2) is 10.5. The van der Waals surface area contributed by atoms with Gasteiger partial charge in [0.15, 0.2) is 0 Å². The molecule has 0 aromatic carbocycles. The highest BCUT2D eigenvalue weighted by molar-refractivity contribution is 9.09. The fourth-order valence-corrected chi connectivity index (χ4v) is 1.54. The zero-order valence-corrected chi connectivity index (χ0v) is 10.4. The molecule has 1 unspecified atom stereocenters. The maximum atomic E-state index is 5.01. The van der Waals surface area contributed by atoms with E-state index in [-0.39, 0.29) is 0 Å². The highest BCUT2D eigenvalue weighted by Gasteiger charge is 1.98. The quantitative estimate of drug-likeness (QED) is 0.503. The maximum absolute atomic E-state index is 5.01. The molecule has 2 nitrogen and oxygen atoms in total. The van der Waals surface area contributed by atoms with Crippen LogP contribution in [-0.2, 0) is 4.74 Å². The number of rotatable bonds is 9. The summed E-state index contributed by atoms with van der Waals surface area (Å²) in [6.45, 7) is 4.21. The van der Waals surface area contributed by atoms with Crippen LogP contribution >= 0.6 is 15.9 Å². The van der Waals surface area contributed by atoms with Gasteiger partial charge >= 0.3 is 0 Å². The Morgan fingerprint density at radius 2 is 2.08 bits per heavy atom. The van der Waals surface area contributed by atoms with Gasteiger partial charge in [-0.15, -0.1) is 0 Å². The molecule has 0 aliphatic rings. The summed E-state index contributed by atoms with van der Waals surface area (Å²) in [5, 5.41) is 4.61. The first-order valence-corrected chi connectivity index (χ1v) is 6.21. The molecule has 0 saturated heterocycles. The zero-order valence-electron chi connectivity index (χ0n) is 8.81. The molecule has 80 valence electrons. The third-order valence-electron chi connectivity index (χ3n) is 2.06. The number of methoxy groups -OCH3 is 1. The molecular formula is C10H22BrNO. The summed E-state index contributed by atoms with van der Waals surface area (Å²) in [5.74, 6) is 0. The molecule has 0 spiro atoms. The number of unbranched alkanes of at least 4 members (excludes halogenated alkanes) is 2. The van der Waals surface area contributed by atoms with Crippen LogP contribution in [-0.4, -0.2) is 31.6 Å². The zero-order chi connectivity index (χ0) is 9.94. The Labute approximate surface area is 90.6 Å². The van der Waals surface area contributed by atoms with Crippen LogP contribution in [0.5, 0.6) is 0 Å². The first-order valence-electron chi connectivity index (χ1n) is 5.09. The third-order valence-corrected chi connectivity index (χ3v) is 2.62. The predicted molar refractivity (Wildman–Crippen MR) is 61.6 cm³/mol. The average molecular weight is 252 g/mol. The van der Waals surface area contributed by atoms with E-state index in [4.69, 9.17) is 4.74 Å². The number of hydrogen-bond acceptors (Lipinski definition) is 2. The second-order valence-electron chi connectivity index (χ2n) is 3.39. The van der Waals surface area contributed by atoms with Crippen LogP contribution in [0.2, 0.25) is 0 Å². The largest absolute Gasteiger partial charge is 0.385 e. The molecule has 0 aliphatic heterocycles. The lowest BCUT2D eigenvalue weighted by Crippen LogP contribution is -2.28. The van der Waals surface area contributed by atoms with E-state index in [1.807, 2.05) is 0 Å². The Morgan fingerprint density at radius 3 is 2.69 bits per heavy atom. The summed E-state index contributed by atoms with van der Waals surface area (Å²) in [6.07, 6.45) is 4.99. The smallest absolute Gasteiger partial charge is 0.0476 e. The molecule has 1 atom stereocenters. The first-order chi connectivity index (χ1) is 6.31. The van der Waals surface area contributed by atoms with Gasteiger partial charge in [-0.05, 0) is 32.7 Å². The Balaban J connectivity index is 3.03. The number of hydrogen-bond donors (Lipinski definition) is 1. The Morgan fingerprint density at radius 1 is 1.31 bits per heavy atom. The van der Waals surface area contributed by atoms with Gasteiger partial charge in [-0.1, -0.05) is 22.4 Å². The lowest BCUT2D eigenvalue weighted by atomic mass is 10.2. The summed E-state index contributed by atoms with van der Waals surface area (Å²) < 4.78 is 5.01. The van der Waals surface area contributed by atoms with Crippen LogP contribution in [0.15, 0.2) is 0 Å². The van der Waals surface area contributed by atoms with Crippen LogP contribution < -0.4 is 5.32 Å². The average Bonchev–Trinajstić information content (AvgIpc) is 2.14. The fourth-order valence-electron chi connectivity index (χ4n) is 1.14. The molecule has 0 aromatic heterocycles. The third kappa shape index (κ3) is 10.3. The predicted octanol–water partition coefficient (Wildman–Crippen LogP) is 2.57. The molecule has 0 fully saturated rings. The number of halogens is 1. The normalized spacial score (nSPS) is 13.2. The van der Waals surface area contributed by atoms with Crippen LogP contribution in [0, 0.1) is 0 Å². The van der Waals surface area contributed by atoms with E-state index >= 15 is 0 Å². The maximum Gasteiger partial charge on any atom is 0.0476 e. The van der Waals surface area contributed by atoms with E-state index in [9.17, 15) is 0 Å². The Bertz CT molecular complexity index is 101. The van der Waals surface area contributed by atoms with Gasteiger partial charge in [-0.3, -0.25) is 0 Å². The Kier molecular flexibility index (Phi) is 10.8. The highest BCUT2D eigenvalue weighted by atomic mass is 79.9.